The Kier molecular flexibility index (Phi) is 8.71. The predicted octanol–water partition coefficient (Wildman–Crippen LogP) is 4.81. The lowest BCUT2D eigenvalue weighted by Crippen LogP contribution is -2.28. The summed E-state index contributed by atoms with van der Waals surface area (Å²) in [5, 5.41) is 9.23. The third kappa shape index (κ3) is 6.53. The van der Waals surface area contributed by atoms with Crippen molar-refractivity contribution in [1.29, 1.82) is 0 Å². The summed E-state index contributed by atoms with van der Waals surface area (Å²) < 4.78 is 40.6. The van der Waals surface area contributed by atoms with Crippen LogP contribution in [0.3, 0.4) is 0 Å². The van der Waals surface area contributed by atoms with Crippen molar-refractivity contribution < 1.29 is 18.0 Å². The van der Waals surface area contributed by atoms with Crippen molar-refractivity contribution in [1.82, 2.24) is 30.4 Å². The minimum Gasteiger partial charge on any atom is -0.353 e. The van der Waals surface area contributed by atoms with E-state index in [0.29, 0.717) is 28.5 Å². The predicted molar refractivity (Wildman–Crippen MR) is 126 cm³/mol. The van der Waals surface area contributed by atoms with E-state index >= 15 is 0 Å². The van der Waals surface area contributed by atoms with Crippen LogP contribution < -0.4 is 10.6 Å². The van der Waals surface area contributed by atoms with Gasteiger partial charge in [0.25, 0.3) is 0 Å². The summed E-state index contributed by atoms with van der Waals surface area (Å²) >= 11 is 0. The molecule has 0 aromatic carbocycles. The first-order valence-corrected chi connectivity index (χ1v) is 10.3. The van der Waals surface area contributed by atoms with E-state index in [-0.39, 0.29) is 12.2 Å². The highest BCUT2D eigenvalue weighted by molar-refractivity contribution is 5.83. The molecule has 2 N–H and O–H groups in total. The van der Waals surface area contributed by atoms with Crippen LogP contribution in [0.15, 0.2) is 68.2 Å². The fourth-order valence-electron chi connectivity index (χ4n) is 2.93. The molecule has 0 saturated heterocycles. The summed E-state index contributed by atoms with van der Waals surface area (Å²) in [7, 11) is 0. The Hall–Kier alpha value is -3.95. The van der Waals surface area contributed by atoms with E-state index in [4.69, 9.17) is 0 Å². The molecule has 0 fully saturated rings. The summed E-state index contributed by atoms with van der Waals surface area (Å²) in [5.41, 5.74) is 1.08. The molecule has 2 aromatic rings. The molecule has 1 amide bonds. The highest BCUT2D eigenvalue weighted by atomic mass is 19.4. The van der Waals surface area contributed by atoms with Gasteiger partial charge in [0.15, 0.2) is 11.5 Å². The van der Waals surface area contributed by atoms with Crippen LogP contribution in [0.2, 0.25) is 0 Å². The van der Waals surface area contributed by atoms with Gasteiger partial charge in [0, 0.05) is 23.7 Å². The molecule has 0 aliphatic carbocycles. The van der Waals surface area contributed by atoms with Crippen LogP contribution in [-0.4, -0.2) is 25.7 Å². The van der Waals surface area contributed by atoms with Crippen molar-refractivity contribution in [2.75, 3.05) is 0 Å². The first kappa shape index (κ1) is 26.3. The summed E-state index contributed by atoms with van der Waals surface area (Å²) in [5.74, 6) is -0.710. The monoisotopic (exact) mass is 472 g/mol. The van der Waals surface area contributed by atoms with Gasteiger partial charge in [0.1, 0.15) is 0 Å². The smallest absolute Gasteiger partial charge is 0.353 e. The van der Waals surface area contributed by atoms with Gasteiger partial charge in [-0.15, -0.1) is 0 Å². The second-order valence-electron chi connectivity index (χ2n) is 7.26. The fourth-order valence-corrected chi connectivity index (χ4v) is 2.93. The molecule has 0 spiro atoms. The van der Waals surface area contributed by atoms with Gasteiger partial charge in [-0.05, 0) is 39.0 Å². The first-order valence-electron chi connectivity index (χ1n) is 10.3. The molecule has 2 heterocycles. The van der Waals surface area contributed by atoms with Gasteiger partial charge in [-0.3, -0.25) is 4.79 Å². The zero-order valence-electron chi connectivity index (χ0n) is 19.3. The molecule has 0 bridgehead atoms. The number of hydrogen-bond acceptors (Lipinski definition) is 5. The lowest BCUT2D eigenvalue weighted by atomic mass is 10.0. The van der Waals surface area contributed by atoms with Crippen LogP contribution in [0.4, 0.5) is 13.2 Å². The molecule has 180 valence electrons. The standard InChI is InChI=1S/C24H27F3N6O/c1-7-10-15(4)31-17(6)22-28-12-18(13-29-22)16(5)23(34)30-14-20-11-21(24(25,26)27)32-33(20)19(8-2)9-3/h7-13,16,31H,2,4,6,14H2,1,3,5H3,(H,30,34)/b10-7-,19-9+. The summed E-state index contributed by atoms with van der Waals surface area (Å²) in [6.45, 7) is 16.3. The average Bonchev–Trinajstić information content (AvgIpc) is 3.22. The van der Waals surface area contributed by atoms with Crippen LogP contribution in [0.1, 0.15) is 49.5 Å². The topological polar surface area (TPSA) is 84.7 Å². The Bertz CT molecular complexity index is 1130. The molecule has 10 heteroatoms. The maximum absolute atomic E-state index is 13.2. The third-order valence-electron chi connectivity index (χ3n) is 4.78. The van der Waals surface area contributed by atoms with Crippen LogP contribution >= 0.6 is 0 Å². The number of nitrogens with zero attached hydrogens (tertiary/aromatic N) is 4. The minimum absolute atomic E-state index is 0.163. The minimum atomic E-state index is -4.62. The number of allylic oxidation sites excluding steroid dienone is 5. The van der Waals surface area contributed by atoms with Crippen molar-refractivity contribution in [3.8, 4) is 0 Å². The molecule has 1 atom stereocenters. The number of alkyl halides is 3. The van der Waals surface area contributed by atoms with Gasteiger partial charge in [-0.25, -0.2) is 14.6 Å². The first-order chi connectivity index (χ1) is 16.0. The number of aromatic nitrogens is 4. The highest BCUT2D eigenvalue weighted by Gasteiger charge is 2.35. The van der Waals surface area contributed by atoms with Crippen molar-refractivity contribution in [3.05, 3.63) is 91.0 Å². The number of rotatable bonds is 10. The Balaban J connectivity index is 2.12. The van der Waals surface area contributed by atoms with Gasteiger partial charge < -0.3 is 10.6 Å². The van der Waals surface area contributed by atoms with E-state index in [0.717, 1.165) is 10.7 Å². The van der Waals surface area contributed by atoms with Gasteiger partial charge >= 0.3 is 6.18 Å². The molecule has 2 rings (SSSR count). The van der Waals surface area contributed by atoms with E-state index in [1.54, 1.807) is 26.0 Å². The van der Waals surface area contributed by atoms with Gasteiger partial charge in [0.05, 0.1) is 29.6 Å². The lowest BCUT2D eigenvalue weighted by Gasteiger charge is -2.14. The number of halogens is 3. The van der Waals surface area contributed by atoms with Crippen molar-refractivity contribution >= 4 is 17.3 Å². The van der Waals surface area contributed by atoms with Crippen LogP contribution in [0.25, 0.3) is 11.4 Å². The van der Waals surface area contributed by atoms with Crippen LogP contribution in [-0.2, 0) is 17.5 Å². The SMILES string of the molecule is C=C/C(=C\C)n1nc(C(F)(F)F)cc1CNC(=O)C(C)c1cnc(C(=C)NC(=C)/C=C\C)nc1. The summed E-state index contributed by atoms with van der Waals surface area (Å²) in [6.07, 6.45) is 4.93. The van der Waals surface area contributed by atoms with Gasteiger partial charge in [0.2, 0.25) is 5.91 Å². The lowest BCUT2D eigenvalue weighted by molar-refractivity contribution is -0.141. The van der Waals surface area contributed by atoms with Crippen molar-refractivity contribution in [3.63, 3.8) is 0 Å². The Labute approximate surface area is 196 Å². The molecule has 7 nitrogen and oxygen atoms in total. The molecule has 0 aliphatic rings. The van der Waals surface area contributed by atoms with Crippen molar-refractivity contribution in [2.45, 2.75) is 39.4 Å². The summed E-state index contributed by atoms with van der Waals surface area (Å²) in [6, 6.07) is 0.899. The molecule has 0 saturated carbocycles. The van der Waals surface area contributed by atoms with E-state index in [1.807, 2.05) is 13.0 Å². The second-order valence-corrected chi connectivity index (χ2v) is 7.26. The number of carbonyl (C=O) groups excluding carboxylic acids is 1. The molecule has 34 heavy (non-hydrogen) atoms. The zero-order valence-corrected chi connectivity index (χ0v) is 19.3. The van der Waals surface area contributed by atoms with Crippen LogP contribution in [0, 0.1) is 0 Å². The largest absolute Gasteiger partial charge is 0.435 e. The maximum atomic E-state index is 13.2. The van der Waals surface area contributed by atoms with E-state index < -0.39 is 23.7 Å². The fraction of sp³-hybridized carbons (Fsp3) is 0.250. The molecular formula is C24H27F3N6O. The van der Waals surface area contributed by atoms with Crippen molar-refractivity contribution in [2.24, 2.45) is 0 Å². The number of amides is 1. The highest BCUT2D eigenvalue weighted by Crippen LogP contribution is 2.29. The van der Waals surface area contributed by atoms with E-state index in [2.05, 4.69) is 45.4 Å². The quantitative estimate of drug-likeness (QED) is 0.485. The Morgan fingerprint density at radius 3 is 2.41 bits per heavy atom. The van der Waals surface area contributed by atoms with E-state index in [1.165, 1.54) is 18.5 Å². The average molecular weight is 473 g/mol. The molecule has 0 radical (unpaired) electrons. The number of nitrogens with one attached hydrogen (secondary N) is 2. The molecule has 2 aromatic heterocycles. The van der Waals surface area contributed by atoms with E-state index in [9.17, 15) is 18.0 Å². The molecular weight excluding hydrogens is 445 g/mol. The normalized spacial score (nSPS) is 12.9. The van der Waals surface area contributed by atoms with Gasteiger partial charge in [-0.2, -0.15) is 18.3 Å². The molecule has 1 unspecified atom stereocenters. The second kappa shape index (κ2) is 11.3. The Morgan fingerprint density at radius 2 is 1.88 bits per heavy atom. The van der Waals surface area contributed by atoms with Crippen LogP contribution in [0.5, 0.6) is 0 Å². The molecule has 0 aliphatic heterocycles. The number of hydrogen-bond donors (Lipinski definition) is 2. The summed E-state index contributed by atoms with van der Waals surface area (Å²) in [4.78, 5) is 21.1. The Morgan fingerprint density at radius 1 is 1.24 bits per heavy atom. The number of carbonyl (C=O) groups is 1. The maximum Gasteiger partial charge on any atom is 0.435 e. The zero-order chi connectivity index (χ0) is 25.5. The van der Waals surface area contributed by atoms with Gasteiger partial charge in [-0.1, -0.05) is 31.9 Å². The third-order valence-corrected chi connectivity index (χ3v) is 4.78.